The van der Waals surface area contributed by atoms with Crippen LogP contribution in [0.15, 0.2) is 0 Å². The first-order valence-electron chi connectivity index (χ1n) is 3.46. The Morgan fingerprint density at radius 3 is 1.73 bits per heavy atom. The van der Waals surface area contributed by atoms with Crippen molar-refractivity contribution in [2.75, 3.05) is 12.5 Å². The Morgan fingerprint density at radius 2 is 1.64 bits per heavy atom. The Labute approximate surface area is 69.0 Å². The van der Waals surface area contributed by atoms with Crippen molar-refractivity contribution >= 4 is 20.7 Å². The van der Waals surface area contributed by atoms with Gasteiger partial charge in [-0.2, -0.15) is 0 Å². The fraction of sp³-hybridized carbons (Fsp3) is 0.750. The van der Waals surface area contributed by atoms with Crippen molar-refractivity contribution < 1.29 is 9.00 Å². The third-order valence-corrected chi connectivity index (χ3v) is 1.91. The van der Waals surface area contributed by atoms with Crippen molar-refractivity contribution in [1.29, 1.82) is 0 Å². The number of carbonyl (C=O) groups excluding carboxylic acids is 1. The van der Waals surface area contributed by atoms with Gasteiger partial charge in [0.05, 0.1) is 0 Å². The third-order valence-electron chi connectivity index (χ3n) is 1.13. The monoisotopic (exact) mass is 176 g/mol. The first-order valence-corrected chi connectivity index (χ1v) is 5.90. The highest BCUT2D eigenvalue weighted by atomic mass is 32.2. The highest BCUT2D eigenvalue weighted by Crippen LogP contribution is 2.12. The number of hydrogen-bond donors (Lipinski definition) is 0. The van der Waals surface area contributed by atoms with Crippen LogP contribution in [-0.2, 0) is 14.3 Å². The lowest BCUT2D eigenvalue weighted by Crippen LogP contribution is -2.23. The molecule has 0 aliphatic carbocycles. The summed E-state index contributed by atoms with van der Waals surface area (Å²) in [5.41, 5.74) is -0.408. The van der Waals surface area contributed by atoms with Crippen LogP contribution < -0.4 is 0 Å². The normalized spacial score (nSPS) is 12.8. The molecule has 0 N–H and O–H groups in total. The molecular weight excluding hydrogens is 160 g/mol. The highest BCUT2D eigenvalue weighted by molar-refractivity contribution is 8.01. The van der Waals surface area contributed by atoms with Crippen molar-refractivity contribution in [1.82, 2.24) is 0 Å². The minimum absolute atomic E-state index is 0.0486. The van der Waals surface area contributed by atoms with Gasteiger partial charge in [0.25, 0.3) is 0 Å². The average molecular weight is 176 g/mol. The zero-order valence-corrected chi connectivity index (χ0v) is 8.62. The van der Waals surface area contributed by atoms with Crippen LogP contribution in [-0.4, -0.2) is 27.9 Å². The van der Waals surface area contributed by atoms with Crippen molar-refractivity contribution in [3.63, 3.8) is 0 Å². The van der Waals surface area contributed by atoms with E-state index in [9.17, 15) is 9.00 Å². The fourth-order valence-corrected chi connectivity index (χ4v) is 1.30. The van der Waals surface area contributed by atoms with Gasteiger partial charge in [-0.3, -0.25) is 9.00 Å². The maximum Gasteiger partial charge on any atom is 0.168 e. The van der Waals surface area contributed by atoms with Crippen LogP contribution in [0.3, 0.4) is 0 Å². The van der Waals surface area contributed by atoms with E-state index in [0.717, 1.165) is 0 Å². The number of Topliss-reactive ketones (excluding diaryl/α,β-unsaturated/α-hetero) is 1. The maximum atomic E-state index is 11.2. The Balaban J connectivity index is 4.73. The molecule has 0 rings (SSSR count). The Bertz CT molecular complexity index is 254. The largest absolute Gasteiger partial charge is 0.294 e. The second-order valence-electron chi connectivity index (χ2n) is 4.04. The first-order chi connectivity index (χ1) is 4.63. The van der Waals surface area contributed by atoms with Gasteiger partial charge in [0.1, 0.15) is 0 Å². The van der Waals surface area contributed by atoms with Gasteiger partial charge in [-0.05, 0) is 9.52 Å². The molecule has 0 aliphatic rings. The van der Waals surface area contributed by atoms with E-state index >= 15 is 0 Å². The summed E-state index contributed by atoms with van der Waals surface area (Å²) in [6.45, 7) is 5.45. The van der Waals surface area contributed by atoms with Crippen molar-refractivity contribution in [2.24, 2.45) is 5.41 Å². The summed E-state index contributed by atoms with van der Waals surface area (Å²) in [7, 11) is -2.03. The van der Waals surface area contributed by atoms with Crippen LogP contribution in [0.4, 0.5) is 0 Å². The Hall–Kier alpha value is -0.310. The summed E-state index contributed by atoms with van der Waals surface area (Å²) in [5, 5.41) is 1.33. The minimum Gasteiger partial charge on any atom is -0.294 e. The Kier molecular flexibility index (Phi) is 2.89. The molecule has 0 saturated carbocycles. The first kappa shape index (κ1) is 10.7. The van der Waals surface area contributed by atoms with E-state index in [1.807, 2.05) is 20.8 Å². The van der Waals surface area contributed by atoms with Gasteiger partial charge < -0.3 is 0 Å². The van der Waals surface area contributed by atoms with Gasteiger partial charge >= 0.3 is 0 Å². The second kappa shape index (κ2) is 2.97. The lowest BCUT2D eigenvalue weighted by Gasteiger charge is -2.13. The molecule has 0 aromatic rings. The van der Waals surface area contributed by atoms with E-state index < -0.39 is 14.9 Å². The van der Waals surface area contributed by atoms with Crippen LogP contribution >= 0.6 is 0 Å². The summed E-state index contributed by atoms with van der Waals surface area (Å²) >= 11 is 0. The lowest BCUT2D eigenvalue weighted by atomic mass is 9.92. The van der Waals surface area contributed by atoms with Gasteiger partial charge in [0.2, 0.25) is 0 Å². The van der Waals surface area contributed by atoms with Gasteiger partial charge in [-0.1, -0.05) is 20.8 Å². The predicted molar refractivity (Wildman–Crippen MR) is 50.5 cm³/mol. The summed E-state index contributed by atoms with van der Waals surface area (Å²) in [5.74, 6) is -0.0486. The predicted octanol–water partition coefficient (Wildman–Crippen LogP) is 0.948. The number of ketones is 1. The van der Waals surface area contributed by atoms with Gasteiger partial charge in [0.15, 0.2) is 5.78 Å². The fourth-order valence-electron chi connectivity index (χ4n) is 0.435. The molecule has 0 aliphatic heterocycles. The molecule has 0 spiro atoms. The minimum atomic E-state index is -2.03. The molecule has 2 nitrogen and oxygen atoms in total. The van der Waals surface area contributed by atoms with E-state index in [1.165, 1.54) is 5.37 Å². The molecule has 11 heavy (non-hydrogen) atoms. The van der Waals surface area contributed by atoms with Crippen molar-refractivity contribution in [2.45, 2.75) is 20.8 Å². The molecular formula is C8H16O2S. The van der Waals surface area contributed by atoms with E-state index in [0.29, 0.717) is 0 Å². The summed E-state index contributed by atoms with van der Waals surface area (Å²) in [6.07, 6.45) is 3.13. The smallest absolute Gasteiger partial charge is 0.168 e. The Morgan fingerprint density at radius 1 is 1.27 bits per heavy atom. The third kappa shape index (κ3) is 5.01. The molecule has 0 heterocycles. The van der Waals surface area contributed by atoms with Crippen LogP contribution in [0.2, 0.25) is 0 Å². The molecule has 66 valence electrons. The van der Waals surface area contributed by atoms with E-state index in [4.69, 9.17) is 0 Å². The van der Waals surface area contributed by atoms with Gasteiger partial charge in [-0.15, -0.1) is 0 Å². The lowest BCUT2D eigenvalue weighted by molar-refractivity contribution is -0.118. The zero-order valence-electron chi connectivity index (χ0n) is 7.80. The van der Waals surface area contributed by atoms with Crippen molar-refractivity contribution in [3.8, 4) is 0 Å². The average Bonchev–Trinajstić information content (AvgIpc) is 1.56. The zero-order chi connectivity index (χ0) is 9.28. The molecule has 0 bridgehead atoms. The number of carbonyl (C=O) groups is 1. The molecule has 0 unspecified atom stereocenters. The van der Waals surface area contributed by atoms with E-state index in [-0.39, 0.29) is 5.78 Å². The van der Waals surface area contributed by atoms with Crippen LogP contribution in [0.25, 0.3) is 0 Å². The highest BCUT2D eigenvalue weighted by Gasteiger charge is 2.19. The van der Waals surface area contributed by atoms with Crippen LogP contribution in [0.5, 0.6) is 0 Å². The quantitative estimate of drug-likeness (QED) is 0.557. The summed E-state index contributed by atoms with van der Waals surface area (Å²) in [6, 6.07) is 0. The summed E-state index contributed by atoms with van der Waals surface area (Å²) in [4.78, 5) is 11.2. The molecule has 3 heteroatoms. The second-order valence-corrected chi connectivity index (χ2v) is 6.90. The molecule has 0 aromatic carbocycles. The topological polar surface area (TPSA) is 34.1 Å². The van der Waals surface area contributed by atoms with E-state index in [1.54, 1.807) is 12.5 Å². The number of rotatable bonds is 1. The van der Waals surface area contributed by atoms with Crippen LogP contribution in [0, 0.1) is 5.41 Å². The molecule has 0 fully saturated rings. The summed E-state index contributed by atoms with van der Waals surface area (Å²) < 4.78 is 11.2. The molecule has 0 saturated heterocycles. The molecule has 0 aromatic heterocycles. The van der Waals surface area contributed by atoms with E-state index in [2.05, 4.69) is 0 Å². The standard InChI is InChI=1S/C8H16O2S/c1-8(2,3)7(9)6-11(4,5)10/h6H,1-5H3. The number of hydrogen-bond acceptors (Lipinski definition) is 2. The van der Waals surface area contributed by atoms with Crippen molar-refractivity contribution in [3.05, 3.63) is 0 Å². The van der Waals surface area contributed by atoms with Gasteiger partial charge in [-0.25, -0.2) is 0 Å². The van der Waals surface area contributed by atoms with Gasteiger partial charge in [0, 0.05) is 23.3 Å². The van der Waals surface area contributed by atoms with Crippen LogP contribution in [0.1, 0.15) is 20.8 Å². The maximum absolute atomic E-state index is 11.2. The SMILES string of the molecule is CC(C)(C)C(=O)C=S(C)(C)=O. The molecule has 0 amide bonds. The molecule has 0 radical (unpaired) electrons. The molecule has 0 atom stereocenters.